The highest BCUT2D eigenvalue weighted by Crippen LogP contribution is 2.25. The maximum absolute atomic E-state index is 5.75. The van der Waals surface area contributed by atoms with E-state index in [1.807, 2.05) is 45.0 Å². The van der Waals surface area contributed by atoms with Gasteiger partial charge in [0.25, 0.3) is 0 Å². The fraction of sp³-hybridized carbons (Fsp3) is 0.400. The molecule has 0 unspecified atom stereocenters. The molecule has 0 radical (unpaired) electrons. The molecular formula is C15H20N2O2. The summed E-state index contributed by atoms with van der Waals surface area (Å²) in [5.74, 6) is 0.808. The molecule has 2 aromatic rings. The monoisotopic (exact) mass is 260 g/mol. The van der Waals surface area contributed by atoms with Gasteiger partial charge in [-0.25, -0.2) is 0 Å². The van der Waals surface area contributed by atoms with Crippen LogP contribution in [0, 0.1) is 0 Å². The second-order valence-corrected chi connectivity index (χ2v) is 5.39. The molecule has 4 nitrogen and oxygen atoms in total. The van der Waals surface area contributed by atoms with E-state index in [-0.39, 0.29) is 5.60 Å². The van der Waals surface area contributed by atoms with Gasteiger partial charge in [0.1, 0.15) is 12.4 Å². The van der Waals surface area contributed by atoms with Gasteiger partial charge in [0.15, 0.2) is 0 Å². The summed E-state index contributed by atoms with van der Waals surface area (Å²) in [5.41, 5.74) is 7.15. The van der Waals surface area contributed by atoms with Gasteiger partial charge in [-0.1, -0.05) is 0 Å². The molecule has 0 aliphatic heterocycles. The summed E-state index contributed by atoms with van der Waals surface area (Å²) >= 11 is 0. The number of nitrogen functional groups attached to an aromatic ring is 1. The van der Waals surface area contributed by atoms with E-state index in [1.165, 1.54) is 0 Å². The Labute approximate surface area is 113 Å². The summed E-state index contributed by atoms with van der Waals surface area (Å²) in [4.78, 5) is 4.28. The van der Waals surface area contributed by atoms with E-state index in [0.717, 1.165) is 16.7 Å². The lowest BCUT2D eigenvalue weighted by Gasteiger charge is -2.19. The first-order chi connectivity index (χ1) is 8.96. The number of rotatable bonds is 4. The summed E-state index contributed by atoms with van der Waals surface area (Å²) in [6.45, 7) is 7.15. The zero-order valence-electron chi connectivity index (χ0n) is 11.6. The van der Waals surface area contributed by atoms with Gasteiger partial charge in [-0.05, 0) is 45.0 Å². The molecular weight excluding hydrogens is 240 g/mol. The molecule has 0 saturated heterocycles. The third-order valence-electron chi connectivity index (χ3n) is 2.60. The number of pyridine rings is 1. The van der Waals surface area contributed by atoms with Crippen LogP contribution in [0.4, 0.5) is 5.69 Å². The highest BCUT2D eigenvalue weighted by molar-refractivity contribution is 5.87. The zero-order valence-corrected chi connectivity index (χ0v) is 11.6. The van der Waals surface area contributed by atoms with Crippen molar-refractivity contribution in [3.63, 3.8) is 0 Å². The molecule has 1 heterocycles. The van der Waals surface area contributed by atoms with Gasteiger partial charge in [-0.15, -0.1) is 0 Å². The van der Waals surface area contributed by atoms with Crippen molar-refractivity contribution >= 4 is 16.6 Å². The van der Waals surface area contributed by atoms with E-state index >= 15 is 0 Å². The Morgan fingerprint density at radius 2 is 1.95 bits per heavy atom. The van der Waals surface area contributed by atoms with Crippen molar-refractivity contribution in [1.82, 2.24) is 4.98 Å². The third-order valence-corrected chi connectivity index (χ3v) is 2.60. The van der Waals surface area contributed by atoms with Crippen LogP contribution in [-0.4, -0.2) is 23.8 Å². The molecule has 0 aliphatic carbocycles. The molecule has 1 aromatic carbocycles. The molecule has 0 atom stereocenters. The Kier molecular flexibility index (Phi) is 3.90. The number of nitrogens with zero attached hydrogens (tertiary/aromatic N) is 1. The Bertz CT molecular complexity index is 562. The summed E-state index contributed by atoms with van der Waals surface area (Å²) in [7, 11) is 0. The number of anilines is 1. The molecule has 0 amide bonds. The average molecular weight is 260 g/mol. The lowest BCUT2D eigenvalue weighted by molar-refractivity contribution is -0.0161. The van der Waals surface area contributed by atoms with Crippen molar-refractivity contribution in [3.05, 3.63) is 30.5 Å². The lowest BCUT2D eigenvalue weighted by atomic mass is 10.2. The number of ether oxygens (including phenoxy) is 2. The van der Waals surface area contributed by atoms with E-state index in [1.54, 1.807) is 6.20 Å². The van der Waals surface area contributed by atoms with E-state index in [0.29, 0.717) is 18.9 Å². The predicted octanol–water partition coefficient (Wildman–Crippen LogP) is 3.01. The van der Waals surface area contributed by atoms with Crippen LogP contribution in [0.2, 0.25) is 0 Å². The van der Waals surface area contributed by atoms with Gasteiger partial charge < -0.3 is 15.2 Å². The second-order valence-electron chi connectivity index (χ2n) is 5.39. The smallest absolute Gasteiger partial charge is 0.130 e. The molecule has 2 N–H and O–H groups in total. The first kappa shape index (κ1) is 13.6. The van der Waals surface area contributed by atoms with Crippen LogP contribution in [0.15, 0.2) is 30.5 Å². The van der Waals surface area contributed by atoms with Crippen LogP contribution in [0.1, 0.15) is 20.8 Å². The van der Waals surface area contributed by atoms with E-state index in [4.69, 9.17) is 15.2 Å². The van der Waals surface area contributed by atoms with Gasteiger partial charge in [0.2, 0.25) is 0 Å². The predicted molar refractivity (Wildman–Crippen MR) is 77.4 cm³/mol. The quantitative estimate of drug-likeness (QED) is 0.678. The van der Waals surface area contributed by atoms with E-state index in [2.05, 4.69) is 4.98 Å². The maximum atomic E-state index is 5.75. The van der Waals surface area contributed by atoms with Crippen LogP contribution < -0.4 is 10.5 Å². The van der Waals surface area contributed by atoms with Crippen molar-refractivity contribution in [1.29, 1.82) is 0 Å². The molecule has 4 heteroatoms. The Morgan fingerprint density at radius 1 is 1.16 bits per heavy atom. The largest absolute Gasteiger partial charge is 0.490 e. The van der Waals surface area contributed by atoms with Gasteiger partial charge in [0.05, 0.1) is 17.7 Å². The number of fused-ring (bicyclic) bond motifs is 1. The molecule has 0 saturated carbocycles. The molecule has 0 spiro atoms. The van der Waals surface area contributed by atoms with E-state index in [9.17, 15) is 0 Å². The zero-order chi connectivity index (χ0) is 13.9. The van der Waals surface area contributed by atoms with Gasteiger partial charge >= 0.3 is 0 Å². The first-order valence-electron chi connectivity index (χ1n) is 6.37. The van der Waals surface area contributed by atoms with Crippen molar-refractivity contribution in [2.24, 2.45) is 0 Å². The Morgan fingerprint density at radius 3 is 2.68 bits per heavy atom. The summed E-state index contributed by atoms with van der Waals surface area (Å²) in [6.07, 6.45) is 1.72. The Balaban J connectivity index is 2.05. The number of aromatic nitrogens is 1. The Hall–Kier alpha value is -1.81. The number of hydrogen-bond acceptors (Lipinski definition) is 4. The third kappa shape index (κ3) is 3.83. The highest BCUT2D eigenvalue weighted by Gasteiger charge is 2.09. The van der Waals surface area contributed by atoms with Crippen LogP contribution in [-0.2, 0) is 4.74 Å². The van der Waals surface area contributed by atoms with Crippen LogP contribution in [0.5, 0.6) is 5.75 Å². The second kappa shape index (κ2) is 5.45. The van der Waals surface area contributed by atoms with Crippen molar-refractivity contribution in [3.8, 4) is 5.75 Å². The molecule has 1 aromatic heterocycles. The van der Waals surface area contributed by atoms with Crippen LogP contribution in [0.25, 0.3) is 10.9 Å². The van der Waals surface area contributed by atoms with Gasteiger partial charge in [-0.2, -0.15) is 0 Å². The van der Waals surface area contributed by atoms with Crippen molar-refractivity contribution in [2.45, 2.75) is 26.4 Å². The fourth-order valence-corrected chi connectivity index (χ4v) is 1.76. The normalized spacial score (nSPS) is 11.7. The standard InChI is InChI=1S/C15H20N2O2/c1-15(2,3)19-9-8-18-14-6-7-17-13-10-11(16)4-5-12(13)14/h4-7,10H,8-9,16H2,1-3H3. The summed E-state index contributed by atoms with van der Waals surface area (Å²) in [6, 6.07) is 7.48. The van der Waals surface area contributed by atoms with Gasteiger partial charge in [0, 0.05) is 17.3 Å². The molecule has 19 heavy (non-hydrogen) atoms. The molecule has 102 valence electrons. The minimum Gasteiger partial charge on any atom is -0.490 e. The topological polar surface area (TPSA) is 57.4 Å². The first-order valence-corrected chi connectivity index (χ1v) is 6.37. The molecule has 0 aliphatic rings. The SMILES string of the molecule is CC(C)(C)OCCOc1ccnc2cc(N)ccc12. The lowest BCUT2D eigenvalue weighted by Crippen LogP contribution is -2.22. The number of hydrogen-bond donors (Lipinski definition) is 1. The van der Waals surface area contributed by atoms with Crippen molar-refractivity contribution in [2.75, 3.05) is 18.9 Å². The maximum Gasteiger partial charge on any atom is 0.130 e. The number of nitrogens with two attached hydrogens (primary N) is 1. The van der Waals surface area contributed by atoms with Crippen LogP contribution >= 0.6 is 0 Å². The van der Waals surface area contributed by atoms with Crippen LogP contribution in [0.3, 0.4) is 0 Å². The molecule has 2 rings (SSSR count). The number of benzene rings is 1. The highest BCUT2D eigenvalue weighted by atomic mass is 16.5. The average Bonchev–Trinajstić information content (AvgIpc) is 2.33. The molecule has 0 bridgehead atoms. The fourth-order valence-electron chi connectivity index (χ4n) is 1.76. The summed E-state index contributed by atoms with van der Waals surface area (Å²) < 4.78 is 11.4. The summed E-state index contributed by atoms with van der Waals surface area (Å²) in [5, 5.41) is 0.965. The molecule has 0 fully saturated rings. The minimum atomic E-state index is -0.141. The van der Waals surface area contributed by atoms with E-state index < -0.39 is 0 Å². The van der Waals surface area contributed by atoms with Crippen molar-refractivity contribution < 1.29 is 9.47 Å². The minimum absolute atomic E-state index is 0.141. The van der Waals surface area contributed by atoms with Gasteiger partial charge in [-0.3, -0.25) is 4.98 Å².